The van der Waals surface area contributed by atoms with Crippen molar-refractivity contribution in [1.82, 2.24) is 10.6 Å². The van der Waals surface area contributed by atoms with Crippen molar-refractivity contribution in [3.63, 3.8) is 0 Å². The van der Waals surface area contributed by atoms with Crippen LogP contribution < -0.4 is 10.6 Å². The first-order valence-electron chi connectivity index (χ1n) is 6.37. The fraction of sp³-hybridized carbons (Fsp3) is 0.615. The fourth-order valence-corrected chi connectivity index (χ4v) is 2.15. The molecule has 4 heteroatoms. The average molecular weight is 236 g/mol. The van der Waals surface area contributed by atoms with Gasteiger partial charge >= 0.3 is 0 Å². The molecule has 1 aliphatic rings. The maximum Gasteiger partial charge on any atom is 0.220 e. The van der Waals surface area contributed by atoms with Gasteiger partial charge in [0.1, 0.15) is 5.76 Å². The maximum absolute atomic E-state index is 11.7. The van der Waals surface area contributed by atoms with E-state index in [-0.39, 0.29) is 5.91 Å². The fourth-order valence-electron chi connectivity index (χ4n) is 2.15. The van der Waals surface area contributed by atoms with Gasteiger partial charge < -0.3 is 15.1 Å². The van der Waals surface area contributed by atoms with Crippen LogP contribution in [0.2, 0.25) is 0 Å². The number of carbonyl (C=O) groups is 1. The molecule has 94 valence electrons. The normalized spacial score (nSPS) is 20.8. The van der Waals surface area contributed by atoms with Gasteiger partial charge in [-0.2, -0.15) is 0 Å². The molecule has 1 aliphatic heterocycles. The second-order valence-electron chi connectivity index (χ2n) is 4.52. The molecule has 0 bridgehead atoms. The Kier molecular flexibility index (Phi) is 4.62. The van der Waals surface area contributed by atoms with Crippen molar-refractivity contribution >= 4 is 5.91 Å². The Morgan fingerprint density at radius 3 is 3.24 bits per heavy atom. The summed E-state index contributed by atoms with van der Waals surface area (Å²) in [7, 11) is 0. The molecule has 2 rings (SSSR count). The summed E-state index contributed by atoms with van der Waals surface area (Å²) in [5, 5.41) is 6.44. The minimum Gasteiger partial charge on any atom is -0.469 e. The number of aryl methyl sites for hydroxylation is 1. The van der Waals surface area contributed by atoms with Crippen LogP contribution >= 0.6 is 0 Å². The molecule has 0 aliphatic carbocycles. The van der Waals surface area contributed by atoms with Gasteiger partial charge in [0, 0.05) is 18.9 Å². The summed E-state index contributed by atoms with van der Waals surface area (Å²) in [5.41, 5.74) is 0. The minimum atomic E-state index is 0.133. The third-order valence-corrected chi connectivity index (χ3v) is 3.12. The zero-order valence-electron chi connectivity index (χ0n) is 10.1. The van der Waals surface area contributed by atoms with E-state index in [1.165, 1.54) is 0 Å². The van der Waals surface area contributed by atoms with Crippen molar-refractivity contribution in [2.75, 3.05) is 13.1 Å². The van der Waals surface area contributed by atoms with Crippen molar-refractivity contribution in [2.45, 2.75) is 38.1 Å². The lowest BCUT2D eigenvalue weighted by Crippen LogP contribution is -2.35. The van der Waals surface area contributed by atoms with Crippen LogP contribution in [0.3, 0.4) is 0 Å². The maximum atomic E-state index is 11.7. The van der Waals surface area contributed by atoms with Crippen molar-refractivity contribution < 1.29 is 9.21 Å². The molecule has 1 fully saturated rings. The molecule has 1 unspecified atom stereocenters. The second-order valence-corrected chi connectivity index (χ2v) is 4.52. The van der Waals surface area contributed by atoms with E-state index in [1.807, 2.05) is 12.1 Å². The largest absolute Gasteiger partial charge is 0.469 e. The van der Waals surface area contributed by atoms with Crippen LogP contribution in [-0.4, -0.2) is 25.0 Å². The van der Waals surface area contributed by atoms with E-state index >= 15 is 0 Å². The van der Waals surface area contributed by atoms with E-state index in [0.717, 1.165) is 38.1 Å². The van der Waals surface area contributed by atoms with Crippen molar-refractivity contribution in [3.8, 4) is 0 Å². The zero-order valence-corrected chi connectivity index (χ0v) is 10.1. The molecule has 0 saturated carbocycles. The van der Waals surface area contributed by atoms with Crippen LogP contribution in [0.25, 0.3) is 0 Å². The zero-order chi connectivity index (χ0) is 11.9. The molecule has 2 heterocycles. The summed E-state index contributed by atoms with van der Waals surface area (Å²) in [5.74, 6) is 1.01. The lowest BCUT2D eigenvalue weighted by molar-refractivity contribution is -0.121. The lowest BCUT2D eigenvalue weighted by Gasteiger charge is -2.15. The molecule has 1 atom stereocenters. The van der Waals surface area contributed by atoms with Gasteiger partial charge in [-0.05, 0) is 44.5 Å². The van der Waals surface area contributed by atoms with Gasteiger partial charge in [0.15, 0.2) is 0 Å². The number of rotatable bonds is 4. The molecule has 4 nitrogen and oxygen atoms in total. The topological polar surface area (TPSA) is 54.3 Å². The lowest BCUT2D eigenvalue weighted by atomic mass is 10.1. The molecule has 1 aromatic rings. The number of amides is 1. The number of nitrogens with one attached hydrogen (secondary N) is 2. The van der Waals surface area contributed by atoms with E-state index in [2.05, 4.69) is 10.6 Å². The summed E-state index contributed by atoms with van der Waals surface area (Å²) in [6, 6.07) is 4.10. The molecule has 0 radical (unpaired) electrons. The van der Waals surface area contributed by atoms with Gasteiger partial charge in [-0.3, -0.25) is 4.79 Å². The van der Waals surface area contributed by atoms with Gasteiger partial charge in [0.05, 0.1) is 6.26 Å². The third-order valence-electron chi connectivity index (χ3n) is 3.12. The summed E-state index contributed by atoms with van der Waals surface area (Å²) >= 11 is 0. The van der Waals surface area contributed by atoms with Crippen LogP contribution in [0.5, 0.6) is 0 Å². The Balaban J connectivity index is 1.69. The molecule has 1 aromatic heterocycles. The van der Waals surface area contributed by atoms with Crippen molar-refractivity contribution in [2.24, 2.45) is 0 Å². The smallest absolute Gasteiger partial charge is 0.220 e. The average Bonchev–Trinajstić information content (AvgIpc) is 2.72. The summed E-state index contributed by atoms with van der Waals surface area (Å²) in [6.07, 6.45) is 6.10. The second kappa shape index (κ2) is 6.45. The highest BCUT2D eigenvalue weighted by molar-refractivity contribution is 5.76. The summed E-state index contributed by atoms with van der Waals surface area (Å²) < 4.78 is 5.20. The predicted octanol–water partition coefficient (Wildman–Crippen LogP) is 1.47. The Hall–Kier alpha value is -1.29. The van der Waals surface area contributed by atoms with Crippen molar-refractivity contribution in [3.05, 3.63) is 24.2 Å². The van der Waals surface area contributed by atoms with E-state index in [0.29, 0.717) is 18.9 Å². The molecular weight excluding hydrogens is 216 g/mol. The van der Waals surface area contributed by atoms with Gasteiger partial charge in [0.25, 0.3) is 0 Å². The number of hydrogen-bond acceptors (Lipinski definition) is 3. The van der Waals surface area contributed by atoms with Crippen LogP contribution in [-0.2, 0) is 11.2 Å². The molecule has 0 spiro atoms. The van der Waals surface area contributed by atoms with Crippen LogP contribution in [0.1, 0.15) is 31.4 Å². The predicted molar refractivity (Wildman–Crippen MR) is 65.7 cm³/mol. The highest BCUT2D eigenvalue weighted by atomic mass is 16.3. The van der Waals surface area contributed by atoms with Crippen LogP contribution in [0.15, 0.2) is 22.8 Å². The Morgan fingerprint density at radius 1 is 1.47 bits per heavy atom. The summed E-state index contributed by atoms with van der Waals surface area (Å²) in [6.45, 7) is 2.07. The number of carbonyl (C=O) groups excluding carboxylic acids is 1. The van der Waals surface area contributed by atoms with Crippen LogP contribution in [0.4, 0.5) is 0 Å². The Morgan fingerprint density at radius 2 is 2.41 bits per heavy atom. The summed E-state index contributed by atoms with van der Waals surface area (Å²) in [4.78, 5) is 11.7. The molecule has 0 aromatic carbocycles. The quantitative estimate of drug-likeness (QED) is 0.832. The Labute approximate surface area is 102 Å². The first kappa shape index (κ1) is 12.2. The minimum absolute atomic E-state index is 0.133. The number of hydrogen-bond donors (Lipinski definition) is 2. The SMILES string of the molecule is O=C(CCc1ccco1)NC1CCCNCC1. The standard InChI is InChI=1S/C13H20N2O2/c16-13(6-5-12-4-2-10-17-12)15-11-3-1-8-14-9-7-11/h2,4,10-11,14H,1,3,5-9H2,(H,15,16). The van der Waals surface area contributed by atoms with E-state index in [1.54, 1.807) is 6.26 Å². The van der Waals surface area contributed by atoms with E-state index in [9.17, 15) is 4.79 Å². The molecule has 17 heavy (non-hydrogen) atoms. The van der Waals surface area contributed by atoms with E-state index < -0.39 is 0 Å². The van der Waals surface area contributed by atoms with Gasteiger partial charge in [-0.15, -0.1) is 0 Å². The number of furan rings is 1. The molecule has 2 N–H and O–H groups in total. The monoisotopic (exact) mass is 236 g/mol. The van der Waals surface area contributed by atoms with E-state index in [4.69, 9.17) is 4.42 Å². The molecule has 1 amide bonds. The first-order valence-corrected chi connectivity index (χ1v) is 6.37. The van der Waals surface area contributed by atoms with Crippen molar-refractivity contribution in [1.29, 1.82) is 0 Å². The molecule has 1 saturated heterocycles. The van der Waals surface area contributed by atoms with Gasteiger partial charge in [-0.1, -0.05) is 0 Å². The first-order chi connectivity index (χ1) is 8.34. The van der Waals surface area contributed by atoms with Gasteiger partial charge in [-0.25, -0.2) is 0 Å². The molecular formula is C13H20N2O2. The highest BCUT2D eigenvalue weighted by Crippen LogP contribution is 2.07. The van der Waals surface area contributed by atoms with Gasteiger partial charge in [0.2, 0.25) is 5.91 Å². The Bertz CT molecular complexity index is 327. The van der Waals surface area contributed by atoms with Crippen LogP contribution in [0, 0.1) is 0 Å². The third kappa shape index (κ3) is 4.23. The highest BCUT2D eigenvalue weighted by Gasteiger charge is 2.14.